The zero-order chi connectivity index (χ0) is 19.8. The van der Waals surface area contributed by atoms with Gasteiger partial charge in [0.2, 0.25) is 0 Å². The Hall–Kier alpha value is -3.49. The number of nitro groups is 1. The van der Waals surface area contributed by atoms with Crippen LogP contribution in [0.2, 0.25) is 0 Å². The molecule has 0 aliphatic carbocycles. The molecule has 0 heterocycles. The van der Waals surface area contributed by atoms with Crippen molar-refractivity contribution in [1.82, 2.24) is 0 Å². The number of anilines is 1. The van der Waals surface area contributed by atoms with Crippen LogP contribution in [0.4, 0.5) is 15.8 Å². The molecule has 0 atom stereocenters. The number of carbonyl (C=O) groups excluding carboxylic acids is 2. The number of ether oxygens (including phenoxy) is 2. The van der Waals surface area contributed by atoms with Gasteiger partial charge in [-0.3, -0.25) is 19.7 Å². The van der Waals surface area contributed by atoms with Gasteiger partial charge in [0.15, 0.2) is 6.61 Å². The molecule has 0 fully saturated rings. The van der Waals surface area contributed by atoms with Crippen molar-refractivity contribution in [2.75, 3.05) is 18.5 Å². The smallest absolute Gasteiger partial charge is 0.309 e. The number of nitro benzene ring substituents is 1. The molecule has 2 aromatic rings. The number of hydrogen-bond donors (Lipinski definition) is 1. The maximum Gasteiger partial charge on any atom is 0.309 e. The standard InChI is InChI=1S/C18H17FN2O6/c1-12-4-2-3-5-16(12)26-9-8-18(23)27-11-17(22)20-14-7-6-13(19)10-15(14)21(24)25/h2-7,10H,8-9,11H2,1H3,(H,20,22). The van der Waals surface area contributed by atoms with E-state index in [9.17, 15) is 24.1 Å². The van der Waals surface area contributed by atoms with E-state index in [0.29, 0.717) is 11.8 Å². The quantitative estimate of drug-likeness (QED) is 0.431. The Labute approximate surface area is 154 Å². The van der Waals surface area contributed by atoms with E-state index in [1.165, 1.54) is 0 Å². The Morgan fingerprint density at radius 3 is 2.67 bits per heavy atom. The number of nitrogens with zero attached hydrogens (tertiary/aromatic N) is 1. The second-order valence-electron chi connectivity index (χ2n) is 5.49. The summed E-state index contributed by atoms with van der Waals surface area (Å²) in [5.74, 6) is -1.60. The Kier molecular flexibility index (Phi) is 6.81. The van der Waals surface area contributed by atoms with Crippen LogP contribution in [0.15, 0.2) is 42.5 Å². The van der Waals surface area contributed by atoms with Crippen molar-refractivity contribution in [3.05, 3.63) is 64.0 Å². The van der Waals surface area contributed by atoms with Gasteiger partial charge in [-0.1, -0.05) is 18.2 Å². The number of amides is 1. The summed E-state index contributed by atoms with van der Waals surface area (Å²) in [5, 5.41) is 13.1. The molecule has 142 valence electrons. The molecule has 27 heavy (non-hydrogen) atoms. The Balaban J connectivity index is 1.78. The Morgan fingerprint density at radius 1 is 1.22 bits per heavy atom. The lowest BCUT2D eigenvalue weighted by Gasteiger charge is -2.09. The van der Waals surface area contributed by atoms with Crippen molar-refractivity contribution >= 4 is 23.3 Å². The lowest BCUT2D eigenvalue weighted by atomic mass is 10.2. The van der Waals surface area contributed by atoms with E-state index >= 15 is 0 Å². The molecule has 1 amide bonds. The van der Waals surface area contributed by atoms with E-state index in [2.05, 4.69) is 5.32 Å². The molecule has 0 aromatic heterocycles. The average molecular weight is 376 g/mol. The van der Waals surface area contributed by atoms with Gasteiger partial charge >= 0.3 is 5.97 Å². The zero-order valence-electron chi connectivity index (χ0n) is 14.4. The highest BCUT2D eigenvalue weighted by Gasteiger charge is 2.17. The normalized spacial score (nSPS) is 10.1. The first-order valence-electron chi connectivity index (χ1n) is 7.94. The van der Waals surface area contributed by atoms with Crippen LogP contribution >= 0.6 is 0 Å². The van der Waals surface area contributed by atoms with Gasteiger partial charge < -0.3 is 14.8 Å². The maximum absolute atomic E-state index is 13.1. The minimum absolute atomic E-state index is 0.0711. The Bertz CT molecular complexity index is 855. The maximum atomic E-state index is 13.1. The minimum atomic E-state index is -0.826. The molecule has 0 unspecified atom stereocenters. The summed E-state index contributed by atoms with van der Waals surface area (Å²) >= 11 is 0. The van der Waals surface area contributed by atoms with Gasteiger partial charge in [-0.25, -0.2) is 4.39 Å². The van der Waals surface area contributed by atoms with E-state index in [0.717, 1.165) is 17.7 Å². The van der Waals surface area contributed by atoms with Crippen LogP contribution in [0, 0.1) is 22.9 Å². The fourth-order valence-electron chi connectivity index (χ4n) is 2.13. The van der Waals surface area contributed by atoms with Crippen LogP contribution in [0.1, 0.15) is 12.0 Å². The van der Waals surface area contributed by atoms with Gasteiger partial charge in [0.25, 0.3) is 11.6 Å². The van der Waals surface area contributed by atoms with E-state index in [1.54, 1.807) is 12.1 Å². The summed E-state index contributed by atoms with van der Waals surface area (Å²) in [4.78, 5) is 33.5. The van der Waals surface area contributed by atoms with E-state index in [1.807, 2.05) is 19.1 Å². The monoisotopic (exact) mass is 376 g/mol. The van der Waals surface area contributed by atoms with Crippen molar-refractivity contribution in [3.63, 3.8) is 0 Å². The lowest BCUT2D eigenvalue weighted by Crippen LogP contribution is -2.22. The van der Waals surface area contributed by atoms with Crippen LogP contribution in [0.3, 0.4) is 0 Å². The van der Waals surface area contributed by atoms with Crippen LogP contribution in [0.5, 0.6) is 5.75 Å². The van der Waals surface area contributed by atoms with E-state index in [4.69, 9.17) is 9.47 Å². The van der Waals surface area contributed by atoms with Crippen LogP contribution in [-0.2, 0) is 14.3 Å². The third-order valence-electron chi connectivity index (χ3n) is 3.45. The lowest BCUT2D eigenvalue weighted by molar-refractivity contribution is -0.384. The van der Waals surface area contributed by atoms with E-state index < -0.39 is 34.9 Å². The Morgan fingerprint density at radius 2 is 1.96 bits per heavy atom. The van der Waals surface area contributed by atoms with Crippen LogP contribution in [-0.4, -0.2) is 30.0 Å². The summed E-state index contributed by atoms with van der Waals surface area (Å²) < 4.78 is 23.3. The van der Waals surface area contributed by atoms with Crippen LogP contribution < -0.4 is 10.1 Å². The van der Waals surface area contributed by atoms with Crippen LogP contribution in [0.25, 0.3) is 0 Å². The minimum Gasteiger partial charge on any atom is -0.493 e. The fraction of sp³-hybridized carbons (Fsp3) is 0.222. The topological polar surface area (TPSA) is 108 Å². The van der Waals surface area contributed by atoms with Gasteiger partial charge in [0.1, 0.15) is 17.3 Å². The van der Waals surface area contributed by atoms with Crippen molar-refractivity contribution in [2.24, 2.45) is 0 Å². The first-order chi connectivity index (χ1) is 12.9. The third-order valence-corrected chi connectivity index (χ3v) is 3.45. The average Bonchev–Trinajstić information content (AvgIpc) is 2.63. The number of esters is 1. The summed E-state index contributed by atoms with van der Waals surface area (Å²) in [6.07, 6.45) is -0.0711. The fourth-order valence-corrected chi connectivity index (χ4v) is 2.13. The molecule has 8 nitrogen and oxygen atoms in total. The van der Waals surface area contributed by atoms with Gasteiger partial charge in [0.05, 0.1) is 24.0 Å². The molecule has 1 N–H and O–H groups in total. The van der Waals surface area contributed by atoms with Crippen molar-refractivity contribution in [2.45, 2.75) is 13.3 Å². The van der Waals surface area contributed by atoms with Crippen molar-refractivity contribution in [1.29, 1.82) is 0 Å². The van der Waals surface area contributed by atoms with Gasteiger partial charge in [-0.2, -0.15) is 0 Å². The second-order valence-corrected chi connectivity index (χ2v) is 5.49. The van der Waals surface area contributed by atoms with E-state index in [-0.39, 0.29) is 18.7 Å². The van der Waals surface area contributed by atoms with Gasteiger partial charge in [0, 0.05) is 0 Å². The number of nitrogens with one attached hydrogen (secondary N) is 1. The summed E-state index contributed by atoms with van der Waals surface area (Å²) in [6, 6.07) is 10.0. The number of halogens is 1. The van der Waals surface area contributed by atoms with Gasteiger partial charge in [-0.15, -0.1) is 0 Å². The highest BCUT2D eigenvalue weighted by molar-refractivity contribution is 5.94. The first-order valence-corrected chi connectivity index (χ1v) is 7.94. The summed E-state index contributed by atoms with van der Waals surface area (Å²) in [6.45, 7) is 1.32. The first kappa shape index (κ1) is 19.8. The number of rotatable bonds is 8. The molecule has 9 heteroatoms. The highest BCUT2D eigenvalue weighted by atomic mass is 19.1. The number of para-hydroxylation sites is 1. The number of carbonyl (C=O) groups is 2. The van der Waals surface area contributed by atoms with Crippen molar-refractivity contribution in [3.8, 4) is 5.75 Å². The molecule has 0 bridgehead atoms. The zero-order valence-corrected chi connectivity index (χ0v) is 14.4. The molecule has 0 aliphatic heterocycles. The number of hydrogen-bond acceptors (Lipinski definition) is 6. The molecule has 2 rings (SSSR count). The molecule has 0 aliphatic rings. The molecule has 0 saturated carbocycles. The summed E-state index contributed by atoms with van der Waals surface area (Å²) in [5.41, 5.74) is 0.137. The predicted octanol–water partition coefficient (Wildman–Crippen LogP) is 2.99. The molecule has 0 spiro atoms. The largest absolute Gasteiger partial charge is 0.493 e. The summed E-state index contributed by atoms with van der Waals surface area (Å²) in [7, 11) is 0. The number of aryl methyl sites for hydroxylation is 1. The van der Waals surface area contributed by atoms with Crippen molar-refractivity contribution < 1.29 is 28.4 Å². The number of benzene rings is 2. The molecule has 2 aromatic carbocycles. The molecule has 0 saturated heterocycles. The predicted molar refractivity (Wildman–Crippen MR) is 93.9 cm³/mol. The SMILES string of the molecule is Cc1ccccc1OCCC(=O)OCC(=O)Nc1ccc(F)cc1[N+](=O)[O-]. The second kappa shape index (κ2) is 9.27. The third kappa shape index (κ3) is 6.07. The molecular weight excluding hydrogens is 359 g/mol. The molecular formula is C18H17FN2O6. The van der Waals surface area contributed by atoms with Gasteiger partial charge in [-0.05, 0) is 30.7 Å². The highest BCUT2D eigenvalue weighted by Crippen LogP contribution is 2.24. The molecule has 0 radical (unpaired) electrons.